The molecular formula is C31H28N4O8S4. The van der Waals surface area contributed by atoms with Gasteiger partial charge in [0.2, 0.25) is 20.3 Å². The number of aliphatic hydroxyl groups excluding tert-OH is 2. The van der Waals surface area contributed by atoms with Gasteiger partial charge in [0.25, 0.3) is 23.6 Å². The Morgan fingerprint density at radius 3 is 1.66 bits per heavy atom. The highest BCUT2D eigenvalue weighted by molar-refractivity contribution is 8.81. The van der Waals surface area contributed by atoms with E-state index in [-0.39, 0.29) is 5.56 Å². The number of hydrogen-bond donors (Lipinski definition) is 2. The molecule has 0 aromatic heterocycles. The van der Waals surface area contributed by atoms with Crippen molar-refractivity contribution in [2.45, 2.75) is 24.9 Å². The van der Waals surface area contributed by atoms with Gasteiger partial charge in [0.15, 0.2) is 16.2 Å². The molecule has 0 aliphatic carbocycles. The second-order valence-electron chi connectivity index (χ2n) is 12.0. The van der Waals surface area contributed by atoms with E-state index >= 15 is 0 Å². The third-order valence-corrected chi connectivity index (χ3v) is 17.7. The normalized spacial score (nSPS) is 34.1. The summed E-state index contributed by atoms with van der Waals surface area (Å²) in [6.45, 7) is -1.14. The number of Topliss-reactive ketones (excluding diaryl/α,β-unsaturated/α-hetero) is 2. The molecule has 6 aliphatic heterocycles. The quantitative estimate of drug-likeness (QED) is 0.134. The minimum atomic E-state index is -1.78. The van der Waals surface area contributed by atoms with Crippen molar-refractivity contribution in [3.8, 4) is 0 Å². The fourth-order valence-electron chi connectivity index (χ4n) is 7.14. The molecule has 6 saturated heterocycles. The van der Waals surface area contributed by atoms with E-state index in [2.05, 4.69) is 0 Å². The molecule has 6 aliphatic rings. The zero-order chi connectivity index (χ0) is 33.9. The number of benzene rings is 2. The number of β-lactam (4-membered cyclic amide) rings is 1. The van der Waals surface area contributed by atoms with Crippen LogP contribution in [0.4, 0.5) is 0 Å². The molecule has 2 bridgehead atoms. The maximum Gasteiger partial charge on any atom is 0.269 e. The molecule has 2 aromatic carbocycles. The van der Waals surface area contributed by atoms with E-state index in [1.54, 1.807) is 55.6 Å². The van der Waals surface area contributed by atoms with Crippen LogP contribution in [0.3, 0.4) is 0 Å². The molecule has 12 nitrogen and oxygen atoms in total. The topological polar surface area (TPSA) is 156 Å². The van der Waals surface area contributed by atoms with E-state index in [1.165, 1.54) is 41.7 Å². The lowest BCUT2D eigenvalue weighted by molar-refractivity contribution is -0.175. The predicted octanol–water partition coefficient (Wildman–Crippen LogP) is 1.44. The second kappa shape index (κ2) is 10.4. The molecule has 47 heavy (non-hydrogen) atoms. The van der Waals surface area contributed by atoms with Gasteiger partial charge in [0.1, 0.15) is 0 Å². The molecule has 6 heterocycles. The summed E-state index contributed by atoms with van der Waals surface area (Å²) in [7, 11) is 10.2. The van der Waals surface area contributed by atoms with E-state index in [9.17, 15) is 39.0 Å². The second-order valence-corrected chi connectivity index (χ2v) is 17.1. The Morgan fingerprint density at radius 1 is 0.617 bits per heavy atom. The van der Waals surface area contributed by atoms with E-state index in [0.29, 0.717) is 5.56 Å². The lowest BCUT2D eigenvalue weighted by Gasteiger charge is -2.67. The smallest absolute Gasteiger partial charge is 0.269 e. The minimum Gasteiger partial charge on any atom is -0.393 e. The Morgan fingerprint density at radius 2 is 1.17 bits per heavy atom. The fraction of sp³-hybridized carbons (Fsp3) is 0.355. The average molecular weight is 713 g/mol. The van der Waals surface area contributed by atoms with Crippen LogP contribution in [0.15, 0.2) is 48.5 Å². The van der Waals surface area contributed by atoms with E-state index in [0.717, 1.165) is 53.3 Å². The van der Waals surface area contributed by atoms with Crippen LogP contribution >= 0.6 is 43.2 Å². The highest BCUT2D eigenvalue weighted by atomic mass is 33.1. The number of rotatable bonds is 8. The number of amides is 4. The van der Waals surface area contributed by atoms with Crippen molar-refractivity contribution in [1.82, 2.24) is 19.6 Å². The zero-order valence-electron chi connectivity index (χ0n) is 25.5. The third kappa shape index (κ3) is 3.43. The Hall–Kier alpha value is -3.28. The SMILES string of the molecule is CN1C(=O)C2(C(=O)c3ccc(C=Cc4ccc(C(=O)C56SSC57N(C)C(=O)C7(CO)N(C)C6=O)cc4)cc3)SSC1(CO)C(=O)N2C. The van der Waals surface area contributed by atoms with Crippen LogP contribution in [0.2, 0.25) is 0 Å². The summed E-state index contributed by atoms with van der Waals surface area (Å²) in [4.78, 5) is 81.0. The van der Waals surface area contributed by atoms with Gasteiger partial charge in [0.05, 0.1) is 13.2 Å². The molecule has 244 valence electrons. The van der Waals surface area contributed by atoms with Crippen LogP contribution < -0.4 is 0 Å². The third-order valence-electron chi connectivity index (χ3n) is 10.1. The molecule has 6 fully saturated rings. The van der Waals surface area contributed by atoms with Crippen LogP contribution in [-0.2, 0) is 19.2 Å². The molecule has 5 atom stereocenters. The lowest BCUT2D eigenvalue weighted by Crippen LogP contribution is -2.89. The van der Waals surface area contributed by atoms with Gasteiger partial charge in [-0.25, -0.2) is 0 Å². The monoisotopic (exact) mass is 712 g/mol. The lowest BCUT2D eigenvalue weighted by atomic mass is 9.72. The summed E-state index contributed by atoms with van der Waals surface area (Å²) in [6.07, 6.45) is 3.63. The summed E-state index contributed by atoms with van der Waals surface area (Å²) >= 11 is 0. The number of likely N-dealkylation sites (tertiary alicyclic amines) is 2. The van der Waals surface area contributed by atoms with Crippen LogP contribution in [0, 0.1) is 0 Å². The Labute approximate surface area is 285 Å². The number of carbonyl (C=O) groups is 6. The highest BCUT2D eigenvalue weighted by Gasteiger charge is 2.94. The number of aliphatic hydroxyl groups is 2. The van der Waals surface area contributed by atoms with Gasteiger partial charge in [-0.05, 0) is 32.7 Å². The van der Waals surface area contributed by atoms with Crippen molar-refractivity contribution in [1.29, 1.82) is 0 Å². The molecule has 2 aromatic rings. The summed E-state index contributed by atoms with van der Waals surface area (Å²) in [5.74, 6) is -2.93. The van der Waals surface area contributed by atoms with Crippen molar-refractivity contribution in [2.24, 2.45) is 0 Å². The van der Waals surface area contributed by atoms with E-state index in [4.69, 9.17) is 0 Å². The number of carbonyl (C=O) groups excluding carboxylic acids is 6. The van der Waals surface area contributed by atoms with Gasteiger partial charge in [-0.15, -0.1) is 0 Å². The molecule has 0 radical (unpaired) electrons. The van der Waals surface area contributed by atoms with Crippen LogP contribution in [0.25, 0.3) is 12.2 Å². The highest BCUT2D eigenvalue weighted by Crippen LogP contribution is 2.78. The summed E-state index contributed by atoms with van der Waals surface area (Å²) in [5, 5.41) is 20.1. The van der Waals surface area contributed by atoms with Gasteiger partial charge < -0.3 is 29.8 Å². The number of hydrogen-bond acceptors (Lipinski definition) is 12. The Bertz CT molecular complexity index is 1840. The fourth-order valence-corrected chi connectivity index (χ4v) is 15.0. The maximum absolute atomic E-state index is 13.9. The molecular weight excluding hydrogens is 685 g/mol. The molecule has 16 heteroatoms. The first-order valence-electron chi connectivity index (χ1n) is 14.3. The maximum atomic E-state index is 13.9. The number of nitrogens with zero attached hydrogens (tertiary/aromatic N) is 4. The number of fused-ring (bicyclic) bond motifs is 3. The number of ketones is 2. The van der Waals surface area contributed by atoms with Crippen molar-refractivity contribution in [3.63, 3.8) is 0 Å². The van der Waals surface area contributed by atoms with Crippen molar-refractivity contribution >= 4 is 90.5 Å². The van der Waals surface area contributed by atoms with E-state index < -0.39 is 73.3 Å². The number of likely N-dealkylation sites (N-methyl/N-ethyl adjacent to an activating group) is 4. The van der Waals surface area contributed by atoms with Crippen molar-refractivity contribution < 1.29 is 39.0 Å². The van der Waals surface area contributed by atoms with Gasteiger partial charge in [-0.3, -0.25) is 28.8 Å². The summed E-state index contributed by atoms with van der Waals surface area (Å²) < 4.78 is -1.55. The first-order valence-corrected chi connectivity index (χ1v) is 18.6. The van der Waals surface area contributed by atoms with Gasteiger partial charge in [-0.1, -0.05) is 82.3 Å². The molecule has 8 rings (SSSR count). The van der Waals surface area contributed by atoms with Crippen LogP contribution in [-0.4, -0.2) is 131 Å². The average Bonchev–Trinajstić information content (AvgIpc) is 3.18. The Balaban J connectivity index is 1.08. The van der Waals surface area contributed by atoms with Gasteiger partial charge in [0, 0.05) is 39.3 Å². The summed E-state index contributed by atoms with van der Waals surface area (Å²) in [5.41, 5.74) is 0.599. The molecule has 5 unspecified atom stereocenters. The Kier molecular flexibility index (Phi) is 7.11. The van der Waals surface area contributed by atoms with Crippen LogP contribution in [0.5, 0.6) is 0 Å². The largest absolute Gasteiger partial charge is 0.393 e. The zero-order valence-corrected chi connectivity index (χ0v) is 28.7. The molecule has 1 spiro atoms. The van der Waals surface area contributed by atoms with Crippen LogP contribution in [0.1, 0.15) is 31.8 Å². The number of piperazine rings is 1. The van der Waals surface area contributed by atoms with Gasteiger partial charge >= 0.3 is 0 Å². The van der Waals surface area contributed by atoms with Crippen molar-refractivity contribution in [2.75, 3.05) is 41.4 Å². The first kappa shape index (κ1) is 32.3. The predicted molar refractivity (Wildman–Crippen MR) is 180 cm³/mol. The molecule has 2 N–H and O–H groups in total. The molecule has 4 amide bonds. The minimum absolute atomic E-state index is 0.248. The first-order chi connectivity index (χ1) is 22.3. The van der Waals surface area contributed by atoms with Crippen molar-refractivity contribution in [3.05, 3.63) is 70.8 Å². The molecule has 0 saturated carbocycles. The summed E-state index contributed by atoms with van der Waals surface area (Å²) in [6, 6.07) is 13.3. The standard InChI is InChI=1S/C31H28N4O8S4/c1-32-25(42)29(31(47-45-29)27(32,15-36)23(40)35(31)4)21(38)19-11-7-17(8-12-19)5-6-18-9-13-20(14-10-18)22(39)30-26(43)33(2)28(16-37,44-46-30)24(41)34(30)3/h5-14,36-37H,15-16H2,1-4H3. The van der Waals surface area contributed by atoms with Gasteiger partial charge in [-0.2, -0.15) is 0 Å². The van der Waals surface area contributed by atoms with E-state index in [1.807, 2.05) is 12.2 Å².